The molecule has 2 aliphatic carbocycles. The Morgan fingerprint density at radius 2 is 1.04 bits per heavy atom. The van der Waals surface area contributed by atoms with Crippen LogP contribution in [0.15, 0.2) is 181 Å². The van der Waals surface area contributed by atoms with Crippen LogP contribution < -0.4 is 5.32 Å². The number of benzene rings is 8. The summed E-state index contributed by atoms with van der Waals surface area (Å²) >= 11 is 0. The minimum atomic E-state index is -0.368. The first kappa shape index (κ1) is 28.7. The zero-order valence-corrected chi connectivity index (χ0v) is 27.8. The quantitative estimate of drug-likeness (QED) is 0.113. The third-order valence-corrected chi connectivity index (χ3v) is 11.0. The molecule has 1 spiro atoms. The van der Waals surface area contributed by atoms with Gasteiger partial charge in [0.2, 0.25) is 0 Å². The summed E-state index contributed by atoms with van der Waals surface area (Å²) in [7, 11) is 1.87. The van der Waals surface area contributed by atoms with Gasteiger partial charge in [-0.05, 0) is 83.2 Å². The van der Waals surface area contributed by atoms with Gasteiger partial charge < -0.3 is 5.32 Å². The second kappa shape index (κ2) is 11.1. The highest BCUT2D eigenvalue weighted by molar-refractivity contribution is 6.17. The van der Waals surface area contributed by atoms with E-state index in [0.29, 0.717) is 0 Å². The molecular formula is C48H34N2. The molecule has 2 nitrogen and oxygen atoms in total. The largest absolute Gasteiger partial charge is 0.359 e. The van der Waals surface area contributed by atoms with Gasteiger partial charge in [-0.15, -0.1) is 0 Å². The summed E-state index contributed by atoms with van der Waals surface area (Å²) in [6.07, 6.45) is 0. The molecule has 10 rings (SSSR count). The molecule has 2 aliphatic rings. The van der Waals surface area contributed by atoms with E-state index in [1.807, 2.05) is 13.1 Å². The fraction of sp³-hybridized carbons (Fsp3) is 0.0625. The fourth-order valence-corrected chi connectivity index (χ4v) is 8.85. The van der Waals surface area contributed by atoms with Crippen LogP contribution in [0.2, 0.25) is 0 Å². The summed E-state index contributed by atoms with van der Waals surface area (Å²) in [6.45, 7) is 0. The molecule has 1 atom stereocenters. The Kier molecular flexibility index (Phi) is 6.41. The molecule has 1 N–H and O–H groups in total. The van der Waals surface area contributed by atoms with Gasteiger partial charge >= 0.3 is 0 Å². The van der Waals surface area contributed by atoms with Crippen molar-refractivity contribution in [3.8, 4) is 22.3 Å². The van der Waals surface area contributed by atoms with Crippen LogP contribution in [0, 0.1) is 0 Å². The van der Waals surface area contributed by atoms with Crippen molar-refractivity contribution in [3.05, 3.63) is 215 Å². The number of hydrogen-bond acceptors (Lipinski definition) is 1. The minimum Gasteiger partial charge on any atom is -0.359 e. The van der Waals surface area contributed by atoms with E-state index >= 15 is 0 Å². The lowest BCUT2D eigenvalue weighted by Gasteiger charge is -2.31. The summed E-state index contributed by atoms with van der Waals surface area (Å²) in [5.41, 5.74) is 13.6. The van der Waals surface area contributed by atoms with E-state index in [1.54, 1.807) is 0 Å². The van der Waals surface area contributed by atoms with Crippen molar-refractivity contribution in [2.24, 2.45) is 4.99 Å². The number of rotatable bonds is 5. The predicted octanol–water partition coefficient (Wildman–Crippen LogP) is 11.1. The Bertz CT molecular complexity index is 2550. The van der Waals surface area contributed by atoms with Crippen LogP contribution in [0.1, 0.15) is 45.0 Å². The molecule has 1 unspecified atom stereocenters. The van der Waals surface area contributed by atoms with Gasteiger partial charge in [-0.3, -0.25) is 4.99 Å². The summed E-state index contributed by atoms with van der Waals surface area (Å²) in [5, 5.41) is 9.26. The Balaban J connectivity index is 1.17. The third-order valence-electron chi connectivity index (χ3n) is 11.0. The molecule has 2 heteroatoms. The van der Waals surface area contributed by atoms with Gasteiger partial charge in [-0.2, -0.15) is 0 Å². The van der Waals surface area contributed by atoms with Gasteiger partial charge in [0.05, 0.1) is 11.5 Å². The molecular weight excluding hydrogens is 605 g/mol. The van der Waals surface area contributed by atoms with Gasteiger partial charge in [-0.1, -0.05) is 170 Å². The average molecular weight is 639 g/mol. The van der Waals surface area contributed by atoms with E-state index in [9.17, 15) is 0 Å². The number of nitrogens with zero attached hydrogens (tertiary/aromatic N) is 1. The summed E-state index contributed by atoms with van der Waals surface area (Å²) in [5.74, 6) is 0.865. The molecule has 0 radical (unpaired) electrons. The summed E-state index contributed by atoms with van der Waals surface area (Å²) in [6, 6.07) is 64.4. The van der Waals surface area contributed by atoms with Crippen LogP contribution in [-0.2, 0) is 5.41 Å². The molecule has 0 saturated carbocycles. The highest BCUT2D eigenvalue weighted by atomic mass is 15.0. The van der Waals surface area contributed by atoms with Crippen LogP contribution in [0.25, 0.3) is 43.8 Å². The number of aliphatic imine (C=N–C) groups is 1. The molecule has 0 aromatic heterocycles. The molecule has 0 bridgehead atoms. The van der Waals surface area contributed by atoms with E-state index in [0.717, 1.165) is 11.4 Å². The standard InChI is InChI=1S/C48H34N2/c1-49-47(36-14-6-3-7-15-36)50-46(35-26-22-32(23-27-35)31-12-4-2-5-13-31)37-28-29-41-39(30-37)38-18-8-9-19-40(38)48(41)42-20-10-16-33-24-25-34-17-11-21-43(48)45(34)44(33)42/h2-30,46H,1H3,(H,49,50). The second-order valence-corrected chi connectivity index (χ2v) is 13.5. The topological polar surface area (TPSA) is 24.4 Å². The maximum Gasteiger partial charge on any atom is 0.128 e. The van der Waals surface area contributed by atoms with Crippen molar-refractivity contribution in [1.29, 1.82) is 0 Å². The van der Waals surface area contributed by atoms with Crippen molar-refractivity contribution < 1.29 is 0 Å². The third kappa shape index (κ3) is 4.06. The monoisotopic (exact) mass is 638 g/mol. The zero-order valence-electron chi connectivity index (χ0n) is 27.8. The lowest BCUT2D eigenvalue weighted by atomic mass is 9.70. The second-order valence-electron chi connectivity index (χ2n) is 13.5. The number of nitrogens with one attached hydrogen (secondary N) is 1. The normalized spacial score (nSPS) is 14.3. The summed E-state index contributed by atoms with van der Waals surface area (Å²) in [4.78, 5) is 4.75. The Morgan fingerprint density at radius 3 is 1.72 bits per heavy atom. The predicted molar refractivity (Wildman–Crippen MR) is 208 cm³/mol. The van der Waals surface area contributed by atoms with Crippen molar-refractivity contribution >= 4 is 27.4 Å². The van der Waals surface area contributed by atoms with Crippen LogP contribution in [-0.4, -0.2) is 12.9 Å². The first-order chi connectivity index (χ1) is 24.8. The maximum atomic E-state index is 4.75. The number of fused-ring (bicyclic) bond motifs is 7. The molecule has 0 fully saturated rings. The highest BCUT2D eigenvalue weighted by Gasteiger charge is 2.50. The van der Waals surface area contributed by atoms with E-state index in [1.165, 1.54) is 77.2 Å². The van der Waals surface area contributed by atoms with E-state index in [2.05, 4.69) is 175 Å². The molecule has 50 heavy (non-hydrogen) atoms. The Morgan fingerprint density at radius 1 is 0.480 bits per heavy atom. The highest BCUT2D eigenvalue weighted by Crippen LogP contribution is 2.62. The molecule has 8 aromatic rings. The first-order valence-corrected chi connectivity index (χ1v) is 17.4. The van der Waals surface area contributed by atoms with Gasteiger partial charge in [-0.25, -0.2) is 0 Å². The zero-order chi connectivity index (χ0) is 33.2. The van der Waals surface area contributed by atoms with Crippen LogP contribution in [0.3, 0.4) is 0 Å². The molecule has 236 valence electrons. The SMILES string of the molecule is CN=C(NC(c1ccc(-c2ccccc2)cc1)c1ccc2c(c1)-c1ccccc1C21c2cccc3ccc4cccc1c4c23)c1ccccc1. The van der Waals surface area contributed by atoms with Crippen LogP contribution >= 0.6 is 0 Å². The fourth-order valence-electron chi connectivity index (χ4n) is 8.85. The molecule has 8 aromatic carbocycles. The smallest absolute Gasteiger partial charge is 0.128 e. The van der Waals surface area contributed by atoms with E-state index < -0.39 is 0 Å². The number of hydrogen-bond donors (Lipinski definition) is 1. The molecule has 0 aliphatic heterocycles. The van der Waals surface area contributed by atoms with E-state index in [-0.39, 0.29) is 11.5 Å². The molecule has 0 heterocycles. The van der Waals surface area contributed by atoms with Crippen molar-refractivity contribution in [1.82, 2.24) is 5.32 Å². The minimum absolute atomic E-state index is 0.125. The first-order valence-electron chi connectivity index (χ1n) is 17.4. The lowest BCUT2D eigenvalue weighted by molar-refractivity contribution is 0.757. The summed E-state index contributed by atoms with van der Waals surface area (Å²) < 4.78 is 0. The maximum absolute atomic E-state index is 4.75. The van der Waals surface area contributed by atoms with Crippen LogP contribution in [0.5, 0.6) is 0 Å². The number of amidine groups is 1. The Hall–Kier alpha value is -6.25. The van der Waals surface area contributed by atoms with Gasteiger partial charge in [0, 0.05) is 12.6 Å². The lowest BCUT2D eigenvalue weighted by Crippen LogP contribution is -2.30. The van der Waals surface area contributed by atoms with Crippen LogP contribution in [0.4, 0.5) is 0 Å². The van der Waals surface area contributed by atoms with Gasteiger partial charge in [0.1, 0.15) is 5.84 Å². The van der Waals surface area contributed by atoms with Crippen molar-refractivity contribution in [2.45, 2.75) is 11.5 Å². The van der Waals surface area contributed by atoms with Gasteiger partial charge in [0.25, 0.3) is 0 Å². The van der Waals surface area contributed by atoms with Gasteiger partial charge in [0.15, 0.2) is 0 Å². The molecule has 0 saturated heterocycles. The van der Waals surface area contributed by atoms with Crippen molar-refractivity contribution in [2.75, 3.05) is 7.05 Å². The van der Waals surface area contributed by atoms with E-state index in [4.69, 9.17) is 4.99 Å². The molecule has 0 amide bonds. The Labute approximate surface area is 292 Å². The average Bonchev–Trinajstić information content (AvgIpc) is 3.66. The van der Waals surface area contributed by atoms with Crippen molar-refractivity contribution in [3.63, 3.8) is 0 Å².